The van der Waals surface area contributed by atoms with E-state index in [2.05, 4.69) is 28.2 Å². The average molecular weight is 300 g/mol. The molecule has 94 valence electrons. The van der Waals surface area contributed by atoms with E-state index in [1.807, 2.05) is 24.3 Å². The van der Waals surface area contributed by atoms with Gasteiger partial charge in [-0.15, -0.1) is 0 Å². The zero-order valence-electron chi connectivity index (χ0n) is 9.95. The van der Waals surface area contributed by atoms with Crippen molar-refractivity contribution in [1.29, 1.82) is 0 Å². The van der Waals surface area contributed by atoms with Crippen LogP contribution in [0.5, 0.6) is 0 Å². The first-order valence-electron chi connectivity index (χ1n) is 5.88. The van der Waals surface area contributed by atoms with E-state index in [1.165, 1.54) is 0 Å². The Kier molecular flexibility index (Phi) is 6.05. The maximum absolute atomic E-state index is 11.1. The molecule has 0 radical (unpaired) electrons. The van der Waals surface area contributed by atoms with Crippen molar-refractivity contribution in [3.63, 3.8) is 0 Å². The Hall–Kier alpha value is -1.03. The summed E-state index contributed by atoms with van der Waals surface area (Å²) in [4.78, 5) is 11.1. The van der Waals surface area contributed by atoms with Crippen LogP contribution in [0.1, 0.15) is 32.6 Å². The average Bonchev–Trinajstić information content (AvgIpc) is 2.30. The molecular weight excluding hydrogens is 282 g/mol. The number of halogens is 1. The molecule has 0 bridgehead atoms. The van der Waals surface area contributed by atoms with Crippen LogP contribution in [-0.4, -0.2) is 17.1 Å². The summed E-state index contributed by atoms with van der Waals surface area (Å²) >= 11 is 3.35. The number of aliphatic carboxylic acids is 1. The Labute approximate surface area is 110 Å². The molecular formula is C13H18BrNO2. The number of hydrogen-bond acceptors (Lipinski definition) is 2. The van der Waals surface area contributed by atoms with Crippen molar-refractivity contribution >= 4 is 27.6 Å². The number of carboxylic acid groups (broad SMARTS) is 1. The number of carbonyl (C=O) groups is 1. The molecule has 1 aromatic carbocycles. The van der Waals surface area contributed by atoms with Crippen molar-refractivity contribution in [3.8, 4) is 0 Å². The third-order valence-electron chi connectivity index (χ3n) is 2.58. The molecule has 0 aliphatic rings. The Morgan fingerprint density at radius 1 is 1.35 bits per heavy atom. The molecule has 0 fully saturated rings. The summed E-state index contributed by atoms with van der Waals surface area (Å²) in [6.07, 6.45) is 3.78. The lowest BCUT2D eigenvalue weighted by Crippen LogP contribution is -2.29. The van der Waals surface area contributed by atoms with Crippen molar-refractivity contribution in [1.82, 2.24) is 0 Å². The van der Waals surface area contributed by atoms with Gasteiger partial charge in [-0.25, -0.2) is 4.79 Å². The fourth-order valence-electron chi connectivity index (χ4n) is 1.60. The summed E-state index contributed by atoms with van der Waals surface area (Å²) in [5.41, 5.74) is 0.845. The molecule has 0 saturated carbocycles. The predicted octanol–water partition coefficient (Wildman–Crippen LogP) is 3.89. The quantitative estimate of drug-likeness (QED) is 0.751. The summed E-state index contributed by atoms with van der Waals surface area (Å²) in [5.74, 6) is -0.788. The van der Waals surface area contributed by atoms with Gasteiger partial charge in [-0.1, -0.05) is 42.1 Å². The molecule has 4 heteroatoms. The van der Waals surface area contributed by atoms with Crippen LogP contribution in [0.3, 0.4) is 0 Å². The summed E-state index contributed by atoms with van der Waals surface area (Å²) in [6.45, 7) is 2.11. The van der Waals surface area contributed by atoms with Gasteiger partial charge in [-0.2, -0.15) is 0 Å². The zero-order chi connectivity index (χ0) is 12.7. The Morgan fingerprint density at radius 3 is 2.53 bits per heavy atom. The van der Waals surface area contributed by atoms with Gasteiger partial charge in [-0.3, -0.25) is 0 Å². The van der Waals surface area contributed by atoms with Crippen molar-refractivity contribution in [2.45, 2.75) is 38.6 Å². The molecule has 0 saturated heterocycles. The van der Waals surface area contributed by atoms with E-state index in [9.17, 15) is 4.79 Å². The van der Waals surface area contributed by atoms with E-state index in [0.29, 0.717) is 6.42 Å². The second kappa shape index (κ2) is 7.33. The predicted molar refractivity (Wildman–Crippen MR) is 73.3 cm³/mol. The first-order valence-corrected chi connectivity index (χ1v) is 6.67. The number of benzene rings is 1. The summed E-state index contributed by atoms with van der Waals surface area (Å²) in [7, 11) is 0. The highest BCUT2D eigenvalue weighted by molar-refractivity contribution is 9.10. The molecule has 0 spiro atoms. The van der Waals surface area contributed by atoms with E-state index in [0.717, 1.165) is 29.4 Å². The van der Waals surface area contributed by atoms with Crippen molar-refractivity contribution < 1.29 is 9.90 Å². The molecule has 0 heterocycles. The minimum absolute atomic E-state index is 0.497. The van der Waals surface area contributed by atoms with Crippen LogP contribution in [-0.2, 0) is 4.79 Å². The zero-order valence-corrected chi connectivity index (χ0v) is 11.5. The highest BCUT2D eigenvalue weighted by Crippen LogP contribution is 2.16. The second-order valence-electron chi connectivity index (χ2n) is 4.04. The lowest BCUT2D eigenvalue weighted by molar-refractivity contribution is -0.138. The topological polar surface area (TPSA) is 49.3 Å². The fourth-order valence-corrected chi connectivity index (χ4v) is 1.87. The van der Waals surface area contributed by atoms with Gasteiger partial charge in [0.25, 0.3) is 0 Å². The van der Waals surface area contributed by atoms with Gasteiger partial charge in [0.15, 0.2) is 0 Å². The molecule has 0 aliphatic carbocycles. The van der Waals surface area contributed by atoms with Crippen LogP contribution in [0.2, 0.25) is 0 Å². The van der Waals surface area contributed by atoms with Gasteiger partial charge in [-0.05, 0) is 30.7 Å². The van der Waals surface area contributed by atoms with Crippen LogP contribution >= 0.6 is 15.9 Å². The second-order valence-corrected chi connectivity index (χ2v) is 4.95. The Balaban J connectivity index is 2.54. The lowest BCUT2D eigenvalue weighted by Gasteiger charge is -2.15. The SMILES string of the molecule is CCCCCC(Nc1ccc(Br)cc1)C(=O)O. The van der Waals surface area contributed by atoms with Crippen LogP contribution in [0, 0.1) is 0 Å². The third kappa shape index (κ3) is 5.22. The van der Waals surface area contributed by atoms with Gasteiger partial charge >= 0.3 is 5.97 Å². The van der Waals surface area contributed by atoms with Crippen LogP contribution in [0.15, 0.2) is 28.7 Å². The first kappa shape index (κ1) is 14.0. The molecule has 0 amide bonds. The number of unbranched alkanes of at least 4 members (excludes halogenated alkanes) is 2. The number of rotatable bonds is 7. The van der Waals surface area contributed by atoms with Gasteiger partial charge in [0.2, 0.25) is 0 Å². The minimum Gasteiger partial charge on any atom is -0.480 e. The minimum atomic E-state index is -0.788. The number of hydrogen-bond donors (Lipinski definition) is 2. The smallest absolute Gasteiger partial charge is 0.326 e. The molecule has 2 N–H and O–H groups in total. The molecule has 0 aromatic heterocycles. The van der Waals surface area contributed by atoms with Crippen molar-refractivity contribution in [3.05, 3.63) is 28.7 Å². The molecule has 1 aromatic rings. The molecule has 3 nitrogen and oxygen atoms in total. The summed E-state index contributed by atoms with van der Waals surface area (Å²) in [6, 6.07) is 7.04. The standard InChI is InChI=1S/C13H18BrNO2/c1-2-3-4-5-12(13(16)17)15-11-8-6-10(14)7-9-11/h6-9,12,15H,2-5H2,1H3,(H,16,17). The van der Waals surface area contributed by atoms with Gasteiger partial charge < -0.3 is 10.4 Å². The number of carboxylic acids is 1. The molecule has 1 atom stereocenters. The van der Waals surface area contributed by atoms with E-state index in [1.54, 1.807) is 0 Å². The van der Waals surface area contributed by atoms with Crippen molar-refractivity contribution in [2.75, 3.05) is 5.32 Å². The van der Waals surface area contributed by atoms with E-state index in [-0.39, 0.29) is 0 Å². The summed E-state index contributed by atoms with van der Waals surface area (Å²) < 4.78 is 0.987. The van der Waals surface area contributed by atoms with E-state index in [4.69, 9.17) is 5.11 Å². The van der Waals surface area contributed by atoms with Gasteiger partial charge in [0.1, 0.15) is 6.04 Å². The Morgan fingerprint density at radius 2 is 2.00 bits per heavy atom. The van der Waals surface area contributed by atoms with E-state index >= 15 is 0 Å². The van der Waals surface area contributed by atoms with E-state index < -0.39 is 12.0 Å². The van der Waals surface area contributed by atoms with Gasteiger partial charge in [0, 0.05) is 10.2 Å². The first-order chi connectivity index (χ1) is 8.13. The third-order valence-corrected chi connectivity index (χ3v) is 3.11. The van der Waals surface area contributed by atoms with Crippen LogP contribution < -0.4 is 5.32 Å². The van der Waals surface area contributed by atoms with Crippen LogP contribution in [0.25, 0.3) is 0 Å². The lowest BCUT2D eigenvalue weighted by atomic mass is 10.1. The van der Waals surface area contributed by atoms with Crippen LogP contribution in [0.4, 0.5) is 5.69 Å². The highest BCUT2D eigenvalue weighted by atomic mass is 79.9. The normalized spacial score (nSPS) is 12.1. The molecule has 0 aliphatic heterocycles. The highest BCUT2D eigenvalue weighted by Gasteiger charge is 2.16. The summed E-state index contributed by atoms with van der Waals surface area (Å²) in [5, 5.41) is 12.2. The Bertz CT molecular complexity index is 351. The maximum atomic E-state index is 11.1. The maximum Gasteiger partial charge on any atom is 0.326 e. The molecule has 1 unspecified atom stereocenters. The fraction of sp³-hybridized carbons (Fsp3) is 0.462. The monoisotopic (exact) mass is 299 g/mol. The van der Waals surface area contributed by atoms with Gasteiger partial charge in [0.05, 0.1) is 0 Å². The number of anilines is 1. The van der Waals surface area contributed by atoms with Crippen molar-refractivity contribution in [2.24, 2.45) is 0 Å². The number of nitrogens with one attached hydrogen (secondary N) is 1. The molecule has 17 heavy (non-hydrogen) atoms. The molecule has 1 rings (SSSR count). The largest absolute Gasteiger partial charge is 0.480 e.